The standard InChI is InChI=1S/C27H41N3O6Si/c1-9-12-35-26(34)28-21-11-10-17(29(21)6)13-16(2)18-14-20-22(24(31)30(20)23(18)25(32)33)19(27(3,4)5)15-36-37(7)8/h9,13,17,19-20,22,37H,1,10-12,14-15H2,2-8H3,(H,32,33)/t17-,19+,20+,22-/m0/s1. The molecule has 2 fully saturated rings. The highest BCUT2D eigenvalue weighted by molar-refractivity contribution is 6.48. The fourth-order valence-corrected chi connectivity index (χ4v) is 6.14. The van der Waals surface area contributed by atoms with E-state index in [1.807, 2.05) is 24.9 Å². The van der Waals surface area contributed by atoms with Crippen LogP contribution in [0.3, 0.4) is 0 Å². The van der Waals surface area contributed by atoms with Crippen molar-refractivity contribution in [2.75, 3.05) is 20.3 Å². The molecule has 37 heavy (non-hydrogen) atoms. The van der Waals surface area contributed by atoms with Crippen LogP contribution in [0, 0.1) is 17.3 Å². The molecule has 3 heterocycles. The molecular weight excluding hydrogens is 490 g/mol. The van der Waals surface area contributed by atoms with Gasteiger partial charge in [0.2, 0.25) is 5.91 Å². The Morgan fingerprint density at radius 1 is 1.32 bits per heavy atom. The first kappa shape index (κ1) is 28.8. The molecule has 3 aliphatic heterocycles. The highest BCUT2D eigenvalue weighted by atomic mass is 28.3. The van der Waals surface area contributed by atoms with Gasteiger partial charge in [-0.2, -0.15) is 4.99 Å². The Hall–Kier alpha value is -2.72. The molecule has 0 spiro atoms. The Kier molecular flexibility index (Phi) is 8.84. The predicted octanol–water partition coefficient (Wildman–Crippen LogP) is 3.98. The van der Waals surface area contributed by atoms with E-state index in [-0.39, 0.29) is 47.5 Å². The number of fused-ring (bicyclic) bond motifs is 1. The van der Waals surface area contributed by atoms with Crippen LogP contribution in [-0.2, 0) is 18.8 Å². The van der Waals surface area contributed by atoms with E-state index in [4.69, 9.17) is 9.16 Å². The smallest absolute Gasteiger partial charge is 0.435 e. The number of aliphatic imine (C=N–C) groups is 1. The molecule has 204 valence electrons. The lowest BCUT2D eigenvalue weighted by Crippen LogP contribution is -2.63. The van der Waals surface area contributed by atoms with Gasteiger partial charge in [0.15, 0.2) is 9.04 Å². The number of allylic oxidation sites excluding steroid dienone is 1. The van der Waals surface area contributed by atoms with E-state index in [0.29, 0.717) is 30.9 Å². The fourth-order valence-electron chi connectivity index (χ4n) is 5.55. The van der Waals surface area contributed by atoms with Gasteiger partial charge >= 0.3 is 12.1 Å². The summed E-state index contributed by atoms with van der Waals surface area (Å²) in [5, 5.41) is 10.1. The van der Waals surface area contributed by atoms with Gasteiger partial charge in [-0.25, -0.2) is 9.59 Å². The van der Waals surface area contributed by atoms with E-state index in [0.717, 1.165) is 12.0 Å². The normalized spacial score (nSPS) is 26.1. The highest BCUT2D eigenvalue weighted by Gasteiger charge is 2.59. The van der Waals surface area contributed by atoms with E-state index < -0.39 is 21.1 Å². The molecule has 2 saturated heterocycles. The van der Waals surface area contributed by atoms with Gasteiger partial charge in [0.25, 0.3) is 0 Å². The molecule has 0 aromatic rings. The van der Waals surface area contributed by atoms with E-state index in [9.17, 15) is 19.5 Å². The van der Waals surface area contributed by atoms with Gasteiger partial charge in [-0.3, -0.25) is 4.79 Å². The average Bonchev–Trinajstić information content (AvgIpc) is 3.32. The van der Waals surface area contributed by atoms with E-state index in [1.165, 1.54) is 11.0 Å². The Balaban J connectivity index is 1.82. The zero-order valence-corrected chi connectivity index (χ0v) is 24.3. The van der Waals surface area contributed by atoms with Gasteiger partial charge in [-0.15, -0.1) is 0 Å². The predicted molar refractivity (Wildman–Crippen MR) is 145 cm³/mol. The number of carbonyl (C=O) groups excluding carboxylic acids is 2. The Labute approximate surface area is 221 Å². The number of amides is 2. The summed E-state index contributed by atoms with van der Waals surface area (Å²) >= 11 is 0. The second kappa shape index (κ2) is 11.3. The summed E-state index contributed by atoms with van der Waals surface area (Å²) in [4.78, 5) is 45.0. The molecule has 0 radical (unpaired) electrons. The molecular formula is C27H41N3O6Si. The average molecular weight is 532 g/mol. The van der Waals surface area contributed by atoms with Crippen LogP contribution in [0.25, 0.3) is 0 Å². The third-order valence-electron chi connectivity index (χ3n) is 7.60. The molecule has 1 N–H and O–H groups in total. The van der Waals surface area contributed by atoms with Crippen LogP contribution in [0.5, 0.6) is 0 Å². The summed E-state index contributed by atoms with van der Waals surface area (Å²) < 4.78 is 11.0. The second-order valence-corrected chi connectivity index (χ2v) is 13.9. The summed E-state index contributed by atoms with van der Waals surface area (Å²) in [5.74, 6) is -0.827. The maximum Gasteiger partial charge on any atom is 0.435 e. The van der Waals surface area contributed by atoms with Crippen molar-refractivity contribution < 1.29 is 28.7 Å². The molecule has 0 saturated carbocycles. The number of likely N-dealkylation sites (tertiary alicyclic amines) is 1. The minimum absolute atomic E-state index is 0.00964. The number of ether oxygens (including phenoxy) is 1. The number of likely N-dealkylation sites (N-methyl/N-ethyl adjacent to an activating group) is 1. The summed E-state index contributed by atoms with van der Waals surface area (Å²) in [6, 6.07) is -0.211. The Bertz CT molecular complexity index is 1040. The molecule has 0 unspecified atom stereocenters. The molecule has 0 aromatic carbocycles. The van der Waals surface area contributed by atoms with Crippen molar-refractivity contribution in [3.8, 4) is 0 Å². The Morgan fingerprint density at radius 2 is 2.00 bits per heavy atom. The van der Waals surface area contributed by atoms with Crippen molar-refractivity contribution in [2.24, 2.45) is 22.2 Å². The maximum absolute atomic E-state index is 13.4. The topological polar surface area (TPSA) is 109 Å². The van der Waals surface area contributed by atoms with Crippen LogP contribution in [0.1, 0.15) is 47.0 Å². The zero-order chi connectivity index (χ0) is 27.7. The first-order chi connectivity index (χ1) is 17.3. The van der Waals surface area contributed by atoms with Crippen molar-refractivity contribution in [3.63, 3.8) is 0 Å². The lowest BCUT2D eigenvalue weighted by atomic mass is 9.66. The number of β-lactam (4-membered cyclic amide) rings is 1. The van der Waals surface area contributed by atoms with Gasteiger partial charge in [0.1, 0.15) is 18.1 Å². The lowest BCUT2D eigenvalue weighted by molar-refractivity contribution is -0.162. The largest absolute Gasteiger partial charge is 0.477 e. The first-order valence-corrected chi connectivity index (χ1v) is 15.7. The molecule has 2 amide bonds. The van der Waals surface area contributed by atoms with Crippen LogP contribution in [0.2, 0.25) is 13.1 Å². The summed E-state index contributed by atoms with van der Waals surface area (Å²) in [6.45, 7) is 16.6. The number of amidine groups is 1. The van der Waals surface area contributed by atoms with Gasteiger partial charge in [-0.05, 0) is 55.3 Å². The quantitative estimate of drug-likeness (QED) is 0.272. The number of carboxylic acid groups (broad SMARTS) is 1. The monoisotopic (exact) mass is 531 g/mol. The minimum Gasteiger partial charge on any atom is -0.477 e. The van der Waals surface area contributed by atoms with E-state index in [1.54, 1.807) is 0 Å². The van der Waals surface area contributed by atoms with E-state index in [2.05, 4.69) is 45.4 Å². The molecule has 0 aromatic heterocycles. The number of hydrogen-bond acceptors (Lipinski definition) is 5. The minimum atomic E-state index is -1.26. The number of rotatable bonds is 9. The van der Waals surface area contributed by atoms with Gasteiger partial charge in [0, 0.05) is 26.1 Å². The van der Waals surface area contributed by atoms with Gasteiger partial charge in [-0.1, -0.05) is 39.5 Å². The number of carbonyl (C=O) groups is 3. The first-order valence-electron chi connectivity index (χ1n) is 13.0. The molecule has 0 bridgehead atoms. The summed E-state index contributed by atoms with van der Waals surface area (Å²) in [5.41, 5.74) is 1.48. The van der Waals surface area contributed by atoms with E-state index >= 15 is 0 Å². The van der Waals surface area contributed by atoms with Crippen LogP contribution in [0.15, 0.2) is 40.6 Å². The number of hydrogen-bond donors (Lipinski definition) is 1. The highest BCUT2D eigenvalue weighted by Crippen LogP contribution is 2.50. The lowest BCUT2D eigenvalue weighted by Gasteiger charge is -2.50. The SMILES string of the molecule is C=CCOC(=O)N=C1CC[C@@H](C=C(C)C2=C(C(=O)O)N3C(=O)[C@@H]([C@@H](CO[SiH](C)C)C(C)(C)C)[C@H]3C2)N1C. The van der Waals surface area contributed by atoms with Crippen LogP contribution >= 0.6 is 0 Å². The van der Waals surface area contributed by atoms with Gasteiger partial charge in [0.05, 0.1) is 12.0 Å². The molecule has 3 rings (SSSR count). The second-order valence-electron chi connectivity index (χ2n) is 11.5. The molecule has 9 nitrogen and oxygen atoms in total. The van der Waals surface area contributed by atoms with Crippen molar-refractivity contribution >= 4 is 32.8 Å². The molecule has 10 heteroatoms. The number of nitrogens with zero attached hydrogens (tertiary/aromatic N) is 3. The van der Waals surface area contributed by atoms with Crippen molar-refractivity contribution in [3.05, 3.63) is 35.6 Å². The van der Waals surface area contributed by atoms with Crippen molar-refractivity contribution in [2.45, 2.75) is 72.1 Å². The van der Waals surface area contributed by atoms with Crippen molar-refractivity contribution in [1.82, 2.24) is 9.80 Å². The summed E-state index contributed by atoms with van der Waals surface area (Å²) in [6.07, 6.45) is 4.73. The maximum atomic E-state index is 13.4. The fraction of sp³-hybridized carbons (Fsp3) is 0.630. The van der Waals surface area contributed by atoms with Gasteiger partial charge < -0.3 is 24.1 Å². The van der Waals surface area contributed by atoms with Crippen LogP contribution in [0.4, 0.5) is 4.79 Å². The number of carboxylic acids is 1. The third-order valence-corrected chi connectivity index (χ3v) is 8.46. The Morgan fingerprint density at radius 3 is 2.57 bits per heavy atom. The third kappa shape index (κ3) is 6.06. The van der Waals surface area contributed by atoms with Crippen molar-refractivity contribution in [1.29, 1.82) is 0 Å². The van der Waals surface area contributed by atoms with Crippen LogP contribution in [-0.4, -0.2) is 80.1 Å². The van der Waals surface area contributed by atoms with Crippen LogP contribution < -0.4 is 0 Å². The molecule has 0 aliphatic carbocycles. The number of aliphatic carboxylic acids is 1. The summed E-state index contributed by atoms with van der Waals surface area (Å²) in [7, 11) is 0.597. The molecule has 3 aliphatic rings. The zero-order valence-electron chi connectivity index (χ0n) is 23.1. The molecule has 4 atom stereocenters.